The van der Waals surface area contributed by atoms with Gasteiger partial charge < -0.3 is 14.8 Å². The molecule has 0 radical (unpaired) electrons. The van der Waals surface area contributed by atoms with E-state index in [4.69, 9.17) is 9.47 Å². The minimum absolute atomic E-state index is 0.0346. The summed E-state index contributed by atoms with van der Waals surface area (Å²) >= 11 is 0. The third-order valence-electron chi connectivity index (χ3n) is 5.59. The molecule has 1 aliphatic rings. The molecule has 2 aromatic heterocycles. The molecule has 1 aromatic carbocycles. The summed E-state index contributed by atoms with van der Waals surface area (Å²) in [6.07, 6.45) is 3.07. The van der Waals surface area contributed by atoms with Gasteiger partial charge >= 0.3 is 6.09 Å². The van der Waals surface area contributed by atoms with Crippen molar-refractivity contribution in [3.8, 4) is 11.1 Å². The molecule has 11 heteroatoms. The van der Waals surface area contributed by atoms with E-state index in [0.717, 1.165) is 16.7 Å². The highest BCUT2D eigenvalue weighted by Gasteiger charge is 2.41. The summed E-state index contributed by atoms with van der Waals surface area (Å²) in [4.78, 5) is 21.8. The SMILES string of the molecule is C[C@H](Nc1ncc(F)c(N2C(=O)OCC2[C@@H](C)OC(C)(C)C)n1)c1ccc(-c2cn[nH]c2)cc1F. The van der Waals surface area contributed by atoms with Crippen molar-refractivity contribution in [2.75, 3.05) is 16.8 Å². The number of carbonyl (C=O) groups excluding carboxylic acids is 1. The zero-order chi connectivity index (χ0) is 25.3. The second-order valence-corrected chi connectivity index (χ2v) is 9.40. The molecule has 1 amide bonds. The molecule has 3 aromatic rings. The molecule has 0 spiro atoms. The molecule has 1 fully saturated rings. The van der Waals surface area contributed by atoms with Gasteiger partial charge in [0.05, 0.1) is 30.1 Å². The molecule has 0 bridgehead atoms. The molecule has 1 saturated heterocycles. The van der Waals surface area contributed by atoms with Crippen LogP contribution in [0.15, 0.2) is 36.8 Å². The first-order valence-corrected chi connectivity index (χ1v) is 11.2. The number of aromatic nitrogens is 4. The summed E-state index contributed by atoms with van der Waals surface area (Å²) in [6.45, 7) is 9.23. The van der Waals surface area contributed by atoms with E-state index in [2.05, 4.69) is 25.5 Å². The van der Waals surface area contributed by atoms with E-state index >= 15 is 0 Å². The molecule has 1 unspecified atom stereocenters. The quantitative estimate of drug-likeness (QED) is 0.492. The fourth-order valence-corrected chi connectivity index (χ4v) is 4.00. The van der Waals surface area contributed by atoms with Crippen molar-refractivity contribution in [2.45, 2.75) is 58.4 Å². The number of hydrogen-bond donors (Lipinski definition) is 2. The van der Waals surface area contributed by atoms with Crippen LogP contribution in [0.3, 0.4) is 0 Å². The van der Waals surface area contributed by atoms with Crippen LogP contribution in [0, 0.1) is 11.6 Å². The van der Waals surface area contributed by atoms with Crippen LogP contribution in [0.25, 0.3) is 11.1 Å². The number of ether oxygens (including phenoxy) is 2. The Hall–Kier alpha value is -3.60. The number of H-pyrrole nitrogens is 1. The fourth-order valence-electron chi connectivity index (χ4n) is 4.00. The molecule has 3 atom stereocenters. The number of nitrogens with one attached hydrogen (secondary N) is 2. The Labute approximate surface area is 201 Å². The second-order valence-electron chi connectivity index (χ2n) is 9.40. The van der Waals surface area contributed by atoms with Crippen LogP contribution in [0.1, 0.15) is 46.2 Å². The molecule has 0 aliphatic carbocycles. The standard InChI is InChI=1S/C24H28F2N6O3/c1-13(17-7-6-15(8-18(17)25)16-9-28-29-10-16)30-22-27-11-19(26)21(31-22)32-20(12-34-23(32)33)14(2)35-24(3,4)5/h6-11,13-14,20H,12H2,1-5H3,(H,28,29)(H,27,30,31)/t13-,14+,20?/m0/s1. The van der Waals surface area contributed by atoms with Crippen molar-refractivity contribution in [3.05, 3.63) is 54.0 Å². The molecular weight excluding hydrogens is 458 g/mol. The normalized spacial score (nSPS) is 17.9. The van der Waals surface area contributed by atoms with E-state index in [1.807, 2.05) is 20.8 Å². The van der Waals surface area contributed by atoms with Gasteiger partial charge in [-0.2, -0.15) is 10.1 Å². The topological polar surface area (TPSA) is 105 Å². The van der Waals surface area contributed by atoms with E-state index in [1.54, 1.807) is 38.4 Å². The van der Waals surface area contributed by atoms with Crippen LogP contribution < -0.4 is 10.2 Å². The maximum absolute atomic E-state index is 14.9. The average molecular weight is 487 g/mol. The first kappa shape index (κ1) is 24.5. The number of carbonyl (C=O) groups is 1. The highest BCUT2D eigenvalue weighted by atomic mass is 19.1. The van der Waals surface area contributed by atoms with Gasteiger partial charge in [-0.3, -0.25) is 5.10 Å². The largest absolute Gasteiger partial charge is 0.447 e. The minimum atomic E-state index is -0.786. The Morgan fingerprint density at radius 2 is 1.97 bits per heavy atom. The lowest BCUT2D eigenvalue weighted by atomic mass is 10.0. The van der Waals surface area contributed by atoms with E-state index in [1.165, 1.54) is 6.07 Å². The molecule has 186 valence electrons. The summed E-state index contributed by atoms with van der Waals surface area (Å²) in [5.74, 6) is -1.41. The van der Waals surface area contributed by atoms with Crippen LogP contribution in [-0.4, -0.2) is 50.6 Å². The van der Waals surface area contributed by atoms with Crippen molar-refractivity contribution < 1.29 is 23.0 Å². The molecule has 3 heterocycles. The van der Waals surface area contributed by atoms with Gasteiger partial charge in [0.2, 0.25) is 5.95 Å². The lowest BCUT2D eigenvalue weighted by Crippen LogP contribution is -2.45. The Balaban J connectivity index is 1.56. The Morgan fingerprint density at radius 1 is 1.20 bits per heavy atom. The lowest BCUT2D eigenvalue weighted by Gasteiger charge is -2.31. The van der Waals surface area contributed by atoms with E-state index in [0.29, 0.717) is 11.1 Å². The molecule has 35 heavy (non-hydrogen) atoms. The summed E-state index contributed by atoms with van der Waals surface area (Å²) < 4.78 is 40.8. The summed E-state index contributed by atoms with van der Waals surface area (Å²) in [5, 5.41) is 9.56. The molecule has 9 nitrogen and oxygen atoms in total. The van der Waals surface area contributed by atoms with Gasteiger partial charge in [-0.1, -0.05) is 12.1 Å². The molecule has 0 saturated carbocycles. The number of amides is 1. The number of nitrogens with zero attached hydrogens (tertiary/aromatic N) is 4. The first-order valence-electron chi connectivity index (χ1n) is 11.2. The van der Waals surface area contributed by atoms with Crippen molar-refractivity contribution in [1.82, 2.24) is 20.2 Å². The number of hydrogen-bond acceptors (Lipinski definition) is 7. The Bertz CT molecular complexity index is 1200. The number of rotatable bonds is 7. The van der Waals surface area contributed by atoms with Crippen LogP contribution in [0.2, 0.25) is 0 Å². The first-order chi connectivity index (χ1) is 16.5. The molecule has 1 aliphatic heterocycles. The van der Waals surface area contributed by atoms with Gasteiger partial charge in [-0.05, 0) is 46.2 Å². The molecule has 4 rings (SSSR count). The number of aromatic amines is 1. The van der Waals surface area contributed by atoms with E-state index < -0.39 is 41.5 Å². The van der Waals surface area contributed by atoms with Crippen molar-refractivity contribution in [3.63, 3.8) is 0 Å². The number of cyclic esters (lactones) is 1. The van der Waals surface area contributed by atoms with Gasteiger partial charge in [0.1, 0.15) is 18.5 Å². The van der Waals surface area contributed by atoms with Crippen LogP contribution >= 0.6 is 0 Å². The maximum Gasteiger partial charge on any atom is 0.416 e. The van der Waals surface area contributed by atoms with Crippen LogP contribution in [-0.2, 0) is 9.47 Å². The fraction of sp³-hybridized carbons (Fsp3) is 0.417. The maximum atomic E-state index is 14.9. The van der Waals surface area contributed by atoms with Crippen LogP contribution in [0.4, 0.5) is 25.3 Å². The highest BCUT2D eigenvalue weighted by molar-refractivity contribution is 5.89. The lowest BCUT2D eigenvalue weighted by molar-refractivity contribution is -0.0618. The highest BCUT2D eigenvalue weighted by Crippen LogP contribution is 2.30. The van der Waals surface area contributed by atoms with Gasteiger partial charge in [0, 0.05) is 17.3 Å². The van der Waals surface area contributed by atoms with Crippen molar-refractivity contribution in [2.24, 2.45) is 0 Å². The predicted molar refractivity (Wildman–Crippen MR) is 126 cm³/mol. The summed E-state index contributed by atoms with van der Waals surface area (Å²) in [5.41, 5.74) is 1.34. The van der Waals surface area contributed by atoms with E-state index in [9.17, 15) is 13.6 Å². The van der Waals surface area contributed by atoms with Gasteiger partial charge in [0.25, 0.3) is 0 Å². The van der Waals surface area contributed by atoms with Crippen molar-refractivity contribution >= 4 is 17.9 Å². The third kappa shape index (κ3) is 5.40. The zero-order valence-corrected chi connectivity index (χ0v) is 20.2. The zero-order valence-electron chi connectivity index (χ0n) is 20.2. The van der Waals surface area contributed by atoms with Gasteiger partial charge in [0.15, 0.2) is 11.6 Å². The minimum Gasteiger partial charge on any atom is -0.447 e. The molecular formula is C24H28F2N6O3. The van der Waals surface area contributed by atoms with Crippen molar-refractivity contribution in [1.29, 1.82) is 0 Å². The monoisotopic (exact) mass is 486 g/mol. The smallest absolute Gasteiger partial charge is 0.416 e. The molecule has 2 N–H and O–H groups in total. The second kappa shape index (κ2) is 9.57. The number of halogens is 2. The summed E-state index contributed by atoms with van der Waals surface area (Å²) in [7, 11) is 0. The Morgan fingerprint density at radius 3 is 2.63 bits per heavy atom. The Kier molecular flexibility index (Phi) is 6.70. The van der Waals surface area contributed by atoms with Crippen LogP contribution in [0.5, 0.6) is 0 Å². The van der Waals surface area contributed by atoms with Gasteiger partial charge in [-0.25, -0.2) is 23.5 Å². The van der Waals surface area contributed by atoms with Gasteiger partial charge in [-0.15, -0.1) is 0 Å². The number of benzene rings is 1. The third-order valence-corrected chi connectivity index (χ3v) is 5.59. The summed E-state index contributed by atoms with van der Waals surface area (Å²) in [6, 6.07) is 3.72. The predicted octanol–water partition coefficient (Wildman–Crippen LogP) is 4.85. The number of anilines is 2. The van der Waals surface area contributed by atoms with E-state index in [-0.39, 0.29) is 18.4 Å². The average Bonchev–Trinajstić information content (AvgIpc) is 3.44.